The van der Waals surface area contributed by atoms with Crippen LogP contribution < -0.4 is 15.4 Å². The number of carbonyl (C=O) groups is 1. The standard InChI is InChI=1S/C18H23N3O2/c1-3-20-14(2)11-21-18(22)16-7-4-8-17(10-16)23-13-15-6-5-9-19-12-15/h4-10,12,14,20H,3,11,13H2,1-2H3,(H,21,22)/t14-/m1/s1. The topological polar surface area (TPSA) is 63.2 Å². The SMILES string of the molecule is CCN[C@H](C)CNC(=O)c1cccc(OCc2cccnc2)c1. The van der Waals surface area contributed by atoms with Crippen LogP contribution in [0, 0.1) is 0 Å². The Labute approximate surface area is 137 Å². The van der Waals surface area contributed by atoms with Gasteiger partial charge in [0, 0.05) is 36.1 Å². The number of likely N-dealkylation sites (N-methyl/N-ethyl adjacent to an activating group) is 1. The Morgan fingerprint density at radius 2 is 2.17 bits per heavy atom. The number of carbonyl (C=O) groups excluding carboxylic acids is 1. The molecule has 1 amide bonds. The van der Waals surface area contributed by atoms with E-state index in [1.165, 1.54) is 0 Å². The van der Waals surface area contributed by atoms with Gasteiger partial charge in [0.05, 0.1) is 0 Å². The van der Waals surface area contributed by atoms with Crippen LogP contribution >= 0.6 is 0 Å². The van der Waals surface area contributed by atoms with Gasteiger partial charge in [-0.1, -0.05) is 19.1 Å². The van der Waals surface area contributed by atoms with Gasteiger partial charge < -0.3 is 15.4 Å². The molecule has 2 N–H and O–H groups in total. The molecule has 0 aliphatic carbocycles. The van der Waals surface area contributed by atoms with E-state index in [1.54, 1.807) is 24.5 Å². The molecule has 0 fully saturated rings. The molecule has 5 heteroatoms. The van der Waals surface area contributed by atoms with Crippen molar-refractivity contribution in [3.63, 3.8) is 0 Å². The number of hydrogen-bond acceptors (Lipinski definition) is 4. The van der Waals surface area contributed by atoms with Crippen molar-refractivity contribution < 1.29 is 9.53 Å². The van der Waals surface area contributed by atoms with Crippen LogP contribution in [0.15, 0.2) is 48.8 Å². The lowest BCUT2D eigenvalue weighted by Gasteiger charge is -2.13. The van der Waals surface area contributed by atoms with Gasteiger partial charge in [0.2, 0.25) is 0 Å². The monoisotopic (exact) mass is 313 g/mol. The van der Waals surface area contributed by atoms with Crippen molar-refractivity contribution in [1.82, 2.24) is 15.6 Å². The van der Waals surface area contributed by atoms with E-state index in [9.17, 15) is 4.79 Å². The molecule has 0 saturated heterocycles. The van der Waals surface area contributed by atoms with E-state index in [0.29, 0.717) is 24.5 Å². The lowest BCUT2D eigenvalue weighted by molar-refractivity contribution is 0.0949. The van der Waals surface area contributed by atoms with Crippen LogP contribution in [0.2, 0.25) is 0 Å². The molecule has 1 aromatic carbocycles. The summed E-state index contributed by atoms with van der Waals surface area (Å²) in [5.41, 5.74) is 1.58. The molecule has 2 rings (SSSR count). The first-order chi connectivity index (χ1) is 11.2. The number of nitrogens with zero attached hydrogens (tertiary/aromatic N) is 1. The number of ether oxygens (including phenoxy) is 1. The lowest BCUT2D eigenvalue weighted by atomic mass is 10.2. The summed E-state index contributed by atoms with van der Waals surface area (Å²) in [6.07, 6.45) is 3.49. The predicted octanol–water partition coefficient (Wildman–Crippen LogP) is 2.39. The summed E-state index contributed by atoms with van der Waals surface area (Å²) < 4.78 is 5.71. The van der Waals surface area contributed by atoms with Crippen LogP contribution in [0.4, 0.5) is 0 Å². The van der Waals surface area contributed by atoms with E-state index in [2.05, 4.69) is 15.6 Å². The largest absolute Gasteiger partial charge is 0.489 e. The van der Waals surface area contributed by atoms with Crippen molar-refractivity contribution in [2.45, 2.75) is 26.5 Å². The Morgan fingerprint density at radius 3 is 2.91 bits per heavy atom. The molecule has 0 bridgehead atoms. The maximum Gasteiger partial charge on any atom is 0.251 e. The minimum absolute atomic E-state index is 0.0958. The minimum atomic E-state index is -0.0958. The summed E-state index contributed by atoms with van der Waals surface area (Å²) in [5.74, 6) is 0.572. The van der Waals surface area contributed by atoms with Crippen LogP contribution in [0.3, 0.4) is 0 Å². The van der Waals surface area contributed by atoms with Crippen molar-refractivity contribution in [2.75, 3.05) is 13.1 Å². The second-order valence-electron chi connectivity index (χ2n) is 5.35. The summed E-state index contributed by atoms with van der Waals surface area (Å²) in [6, 6.07) is 11.3. The molecule has 23 heavy (non-hydrogen) atoms. The lowest BCUT2D eigenvalue weighted by Crippen LogP contribution is -2.38. The predicted molar refractivity (Wildman–Crippen MR) is 90.5 cm³/mol. The highest BCUT2D eigenvalue weighted by Crippen LogP contribution is 2.15. The highest BCUT2D eigenvalue weighted by atomic mass is 16.5. The molecule has 0 unspecified atom stereocenters. The number of hydrogen-bond donors (Lipinski definition) is 2. The maximum atomic E-state index is 12.2. The van der Waals surface area contributed by atoms with Crippen molar-refractivity contribution in [3.05, 3.63) is 59.9 Å². The number of pyridine rings is 1. The smallest absolute Gasteiger partial charge is 0.251 e. The molecule has 0 radical (unpaired) electrons. The van der Waals surface area contributed by atoms with E-state index >= 15 is 0 Å². The summed E-state index contributed by atoms with van der Waals surface area (Å²) in [5, 5.41) is 6.17. The molecule has 0 saturated carbocycles. The van der Waals surface area contributed by atoms with Crippen LogP contribution in [0.25, 0.3) is 0 Å². The van der Waals surface area contributed by atoms with Gasteiger partial charge in [-0.2, -0.15) is 0 Å². The zero-order valence-corrected chi connectivity index (χ0v) is 13.6. The summed E-state index contributed by atoms with van der Waals surface area (Å²) >= 11 is 0. The molecule has 0 aliphatic heterocycles. The van der Waals surface area contributed by atoms with Crippen LogP contribution in [-0.4, -0.2) is 30.0 Å². The Balaban J connectivity index is 1.89. The summed E-state index contributed by atoms with van der Waals surface area (Å²) in [4.78, 5) is 16.2. The molecular formula is C18H23N3O2. The molecule has 1 atom stereocenters. The third kappa shape index (κ3) is 5.71. The number of aromatic nitrogens is 1. The number of benzene rings is 1. The molecular weight excluding hydrogens is 290 g/mol. The van der Waals surface area contributed by atoms with Gasteiger partial charge in [-0.25, -0.2) is 0 Å². The van der Waals surface area contributed by atoms with Gasteiger partial charge in [-0.05, 0) is 37.7 Å². The van der Waals surface area contributed by atoms with E-state index < -0.39 is 0 Å². The zero-order valence-electron chi connectivity index (χ0n) is 13.6. The molecule has 1 heterocycles. The van der Waals surface area contributed by atoms with Gasteiger partial charge in [0.1, 0.15) is 12.4 Å². The second kappa shape index (κ2) is 8.90. The zero-order chi connectivity index (χ0) is 16.5. The van der Waals surface area contributed by atoms with Crippen molar-refractivity contribution >= 4 is 5.91 Å². The van der Waals surface area contributed by atoms with E-state index in [4.69, 9.17) is 4.74 Å². The van der Waals surface area contributed by atoms with Crippen LogP contribution in [-0.2, 0) is 6.61 Å². The minimum Gasteiger partial charge on any atom is -0.489 e. The highest BCUT2D eigenvalue weighted by molar-refractivity contribution is 5.94. The first-order valence-corrected chi connectivity index (χ1v) is 7.82. The molecule has 2 aromatic rings. The third-order valence-corrected chi connectivity index (χ3v) is 3.35. The van der Waals surface area contributed by atoms with Gasteiger partial charge in [0.25, 0.3) is 5.91 Å². The fourth-order valence-corrected chi connectivity index (χ4v) is 2.15. The maximum absolute atomic E-state index is 12.2. The highest BCUT2D eigenvalue weighted by Gasteiger charge is 2.08. The summed E-state index contributed by atoms with van der Waals surface area (Å²) in [6.45, 7) is 5.98. The fraction of sp³-hybridized carbons (Fsp3) is 0.333. The normalized spacial score (nSPS) is 11.7. The number of nitrogens with one attached hydrogen (secondary N) is 2. The quantitative estimate of drug-likeness (QED) is 0.785. The average molecular weight is 313 g/mol. The van der Waals surface area contributed by atoms with Gasteiger partial charge >= 0.3 is 0 Å². The average Bonchev–Trinajstić information content (AvgIpc) is 2.59. The van der Waals surface area contributed by atoms with E-state index in [0.717, 1.165) is 12.1 Å². The van der Waals surface area contributed by atoms with E-state index in [-0.39, 0.29) is 11.9 Å². The van der Waals surface area contributed by atoms with E-state index in [1.807, 2.05) is 38.1 Å². The third-order valence-electron chi connectivity index (χ3n) is 3.35. The Kier molecular flexibility index (Phi) is 6.56. The Bertz CT molecular complexity index is 617. The number of amides is 1. The number of rotatable bonds is 8. The van der Waals surface area contributed by atoms with Gasteiger partial charge in [-0.3, -0.25) is 9.78 Å². The molecule has 0 spiro atoms. The van der Waals surface area contributed by atoms with Crippen molar-refractivity contribution in [1.29, 1.82) is 0 Å². The molecule has 0 aliphatic rings. The molecule has 1 aromatic heterocycles. The van der Waals surface area contributed by atoms with Crippen LogP contribution in [0.5, 0.6) is 5.75 Å². The van der Waals surface area contributed by atoms with Crippen molar-refractivity contribution in [3.8, 4) is 5.75 Å². The first kappa shape index (κ1) is 17.0. The fourth-order valence-electron chi connectivity index (χ4n) is 2.15. The van der Waals surface area contributed by atoms with Crippen molar-refractivity contribution in [2.24, 2.45) is 0 Å². The van der Waals surface area contributed by atoms with Crippen LogP contribution in [0.1, 0.15) is 29.8 Å². The molecule has 122 valence electrons. The Morgan fingerprint density at radius 1 is 1.30 bits per heavy atom. The van der Waals surface area contributed by atoms with Gasteiger partial charge in [-0.15, -0.1) is 0 Å². The summed E-state index contributed by atoms with van der Waals surface area (Å²) in [7, 11) is 0. The molecule has 5 nitrogen and oxygen atoms in total. The first-order valence-electron chi connectivity index (χ1n) is 7.82. The second-order valence-corrected chi connectivity index (χ2v) is 5.35. The Hall–Kier alpha value is -2.40. The van der Waals surface area contributed by atoms with Gasteiger partial charge in [0.15, 0.2) is 0 Å².